The van der Waals surface area contributed by atoms with Crippen molar-refractivity contribution in [3.05, 3.63) is 0 Å². The molecule has 0 aromatic carbocycles. The Balaban J connectivity index is 1.94. The number of nitrogens with zero attached hydrogens (tertiary/aromatic N) is 1. The van der Waals surface area contributed by atoms with Gasteiger partial charge in [-0.3, -0.25) is 4.79 Å². The van der Waals surface area contributed by atoms with Crippen molar-refractivity contribution in [3.63, 3.8) is 0 Å². The van der Waals surface area contributed by atoms with Crippen LogP contribution in [0.1, 0.15) is 32.6 Å². The van der Waals surface area contributed by atoms with E-state index < -0.39 is 0 Å². The lowest BCUT2D eigenvalue weighted by Gasteiger charge is -2.35. The molecule has 0 aromatic heterocycles. The van der Waals surface area contributed by atoms with Crippen LogP contribution in [0.5, 0.6) is 0 Å². The summed E-state index contributed by atoms with van der Waals surface area (Å²) in [5.74, 6) is 0.651. The average Bonchev–Trinajstić information content (AvgIpc) is 2.70. The summed E-state index contributed by atoms with van der Waals surface area (Å²) in [6.45, 7) is 5.07. The number of carbonyl (C=O) groups is 1. The molecule has 2 aliphatic heterocycles. The zero-order chi connectivity index (χ0) is 9.97. The Bertz CT molecular complexity index is 211. The van der Waals surface area contributed by atoms with Crippen molar-refractivity contribution in [2.24, 2.45) is 5.92 Å². The molecule has 3 heteroatoms. The zero-order valence-corrected chi connectivity index (χ0v) is 8.96. The summed E-state index contributed by atoms with van der Waals surface area (Å²) < 4.78 is 0. The van der Waals surface area contributed by atoms with E-state index in [2.05, 4.69) is 17.1 Å². The smallest absolute Gasteiger partial charge is 0.227 e. The van der Waals surface area contributed by atoms with E-state index in [9.17, 15) is 4.79 Å². The third-order valence-corrected chi connectivity index (χ3v) is 3.50. The molecule has 1 amide bonds. The largest absolute Gasteiger partial charge is 0.340 e. The molecular weight excluding hydrogens is 176 g/mol. The van der Waals surface area contributed by atoms with Crippen LogP contribution in [0.4, 0.5) is 0 Å². The van der Waals surface area contributed by atoms with Gasteiger partial charge in [0.25, 0.3) is 0 Å². The highest BCUT2D eigenvalue weighted by atomic mass is 16.2. The Morgan fingerprint density at radius 2 is 2.21 bits per heavy atom. The van der Waals surface area contributed by atoms with Gasteiger partial charge in [0.05, 0.1) is 5.92 Å². The van der Waals surface area contributed by atoms with E-state index in [1.807, 2.05) is 0 Å². The summed E-state index contributed by atoms with van der Waals surface area (Å²) in [4.78, 5) is 14.2. The molecule has 1 N–H and O–H groups in total. The molecule has 0 saturated carbocycles. The Morgan fingerprint density at radius 3 is 2.86 bits per heavy atom. The first-order valence-corrected chi connectivity index (χ1v) is 5.80. The molecule has 14 heavy (non-hydrogen) atoms. The predicted molar refractivity (Wildman–Crippen MR) is 56.0 cm³/mol. The monoisotopic (exact) mass is 196 g/mol. The SMILES string of the molecule is C[C@@H]1CCCCN1C(=O)[C@H]1CCNC1. The molecule has 2 rings (SSSR count). The van der Waals surface area contributed by atoms with Crippen LogP contribution < -0.4 is 5.32 Å². The van der Waals surface area contributed by atoms with Crippen molar-refractivity contribution in [3.8, 4) is 0 Å². The molecular formula is C11H20N2O. The summed E-state index contributed by atoms with van der Waals surface area (Å²) >= 11 is 0. The third-order valence-electron chi connectivity index (χ3n) is 3.50. The second-order valence-electron chi connectivity index (χ2n) is 4.57. The molecule has 2 fully saturated rings. The van der Waals surface area contributed by atoms with Gasteiger partial charge < -0.3 is 10.2 Å². The average molecular weight is 196 g/mol. The number of likely N-dealkylation sites (tertiary alicyclic amines) is 1. The predicted octanol–water partition coefficient (Wildman–Crippen LogP) is 0.997. The lowest BCUT2D eigenvalue weighted by molar-refractivity contribution is -0.138. The number of amides is 1. The number of hydrogen-bond donors (Lipinski definition) is 1. The van der Waals surface area contributed by atoms with Crippen LogP contribution in [-0.2, 0) is 4.79 Å². The lowest BCUT2D eigenvalue weighted by Crippen LogP contribution is -2.45. The Hall–Kier alpha value is -0.570. The Kier molecular flexibility index (Phi) is 3.06. The molecule has 3 nitrogen and oxygen atoms in total. The number of hydrogen-bond acceptors (Lipinski definition) is 2. The van der Waals surface area contributed by atoms with Crippen molar-refractivity contribution in [1.82, 2.24) is 10.2 Å². The van der Waals surface area contributed by atoms with Crippen molar-refractivity contribution < 1.29 is 4.79 Å². The van der Waals surface area contributed by atoms with E-state index in [4.69, 9.17) is 0 Å². The Morgan fingerprint density at radius 1 is 1.36 bits per heavy atom. The van der Waals surface area contributed by atoms with E-state index in [1.165, 1.54) is 19.3 Å². The van der Waals surface area contributed by atoms with Crippen LogP contribution in [0, 0.1) is 5.92 Å². The van der Waals surface area contributed by atoms with Gasteiger partial charge in [-0.25, -0.2) is 0 Å². The van der Waals surface area contributed by atoms with Gasteiger partial charge in [-0.2, -0.15) is 0 Å². The van der Waals surface area contributed by atoms with E-state index in [1.54, 1.807) is 0 Å². The molecule has 0 aliphatic carbocycles. The number of rotatable bonds is 1. The van der Waals surface area contributed by atoms with Gasteiger partial charge in [-0.15, -0.1) is 0 Å². The van der Waals surface area contributed by atoms with Crippen LogP contribution in [0.3, 0.4) is 0 Å². The first-order chi connectivity index (χ1) is 6.79. The zero-order valence-electron chi connectivity index (χ0n) is 8.96. The topological polar surface area (TPSA) is 32.3 Å². The van der Waals surface area contributed by atoms with Crippen molar-refractivity contribution in [2.75, 3.05) is 19.6 Å². The minimum atomic E-state index is 0.260. The maximum absolute atomic E-state index is 12.1. The highest BCUT2D eigenvalue weighted by Crippen LogP contribution is 2.20. The maximum atomic E-state index is 12.1. The van der Waals surface area contributed by atoms with Crippen LogP contribution in [0.15, 0.2) is 0 Å². The standard InChI is InChI=1S/C11H20N2O/c1-9-4-2-3-7-13(9)11(14)10-5-6-12-8-10/h9-10,12H,2-8H2,1H3/t9-,10+/m1/s1. The molecule has 2 aliphatic rings. The summed E-state index contributed by atoms with van der Waals surface area (Å²) in [5, 5.41) is 3.26. The quantitative estimate of drug-likeness (QED) is 0.678. The van der Waals surface area contributed by atoms with Gasteiger partial charge in [0, 0.05) is 19.1 Å². The van der Waals surface area contributed by atoms with Crippen LogP contribution in [0.25, 0.3) is 0 Å². The molecule has 2 saturated heterocycles. The maximum Gasteiger partial charge on any atom is 0.227 e. The molecule has 2 heterocycles. The minimum Gasteiger partial charge on any atom is -0.340 e. The number of piperidine rings is 1. The minimum absolute atomic E-state index is 0.260. The van der Waals surface area contributed by atoms with Gasteiger partial charge >= 0.3 is 0 Å². The molecule has 0 bridgehead atoms. The number of carbonyl (C=O) groups excluding carboxylic acids is 1. The van der Waals surface area contributed by atoms with Crippen LogP contribution in [-0.4, -0.2) is 36.5 Å². The van der Waals surface area contributed by atoms with Gasteiger partial charge in [0.2, 0.25) is 5.91 Å². The highest BCUT2D eigenvalue weighted by Gasteiger charge is 2.30. The molecule has 80 valence electrons. The van der Waals surface area contributed by atoms with Crippen LogP contribution >= 0.6 is 0 Å². The normalized spacial score (nSPS) is 33.4. The fourth-order valence-corrected chi connectivity index (χ4v) is 2.53. The molecule has 0 spiro atoms. The Labute approximate surface area is 85.8 Å². The molecule has 0 radical (unpaired) electrons. The summed E-state index contributed by atoms with van der Waals surface area (Å²) in [6.07, 6.45) is 4.69. The number of nitrogens with one attached hydrogen (secondary N) is 1. The fourth-order valence-electron chi connectivity index (χ4n) is 2.53. The summed E-state index contributed by atoms with van der Waals surface area (Å²) in [5.41, 5.74) is 0. The summed E-state index contributed by atoms with van der Waals surface area (Å²) in [7, 11) is 0. The van der Waals surface area contributed by atoms with Gasteiger partial charge in [0.15, 0.2) is 0 Å². The molecule has 2 atom stereocenters. The van der Waals surface area contributed by atoms with E-state index in [0.717, 1.165) is 26.1 Å². The lowest BCUT2D eigenvalue weighted by atomic mass is 10.00. The highest BCUT2D eigenvalue weighted by molar-refractivity contribution is 5.79. The van der Waals surface area contributed by atoms with Crippen molar-refractivity contribution >= 4 is 5.91 Å². The van der Waals surface area contributed by atoms with Crippen molar-refractivity contribution in [2.45, 2.75) is 38.6 Å². The third kappa shape index (κ3) is 1.92. The molecule has 0 aromatic rings. The van der Waals surface area contributed by atoms with Gasteiger partial charge in [0.1, 0.15) is 0 Å². The van der Waals surface area contributed by atoms with Crippen LogP contribution in [0.2, 0.25) is 0 Å². The van der Waals surface area contributed by atoms with Gasteiger partial charge in [-0.1, -0.05) is 0 Å². The second-order valence-corrected chi connectivity index (χ2v) is 4.57. The second kappa shape index (κ2) is 4.30. The fraction of sp³-hybridized carbons (Fsp3) is 0.909. The first-order valence-electron chi connectivity index (χ1n) is 5.80. The first kappa shape index (κ1) is 9.97. The van der Waals surface area contributed by atoms with E-state index in [-0.39, 0.29) is 5.92 Å². The van der Waals surface area contributed by atoms with E-state index >= 15 is 0 Å². The van der Waals surface area contributed by atoms with Crippen molar-refractivity contribution in [1.29, 1.82) is 0 Å². The van der Waals surface area contributed by atoms with Gasteiger partial charge in [-0.05, 0) is 39.2 Å². The summed E-state index contributed by atoms with van der Waals surface area (Å²) in [6, 6.07) is 0.469. The van der Waals surface area contributed by atoms with E-state index in [0.29, 0.717) is 11.9 Å². The molecule has 0 unspecified atom stereocenters.